The van der Waals surface area contributed by atoms with Crippen LogP contribution in [0.25, 0.3) is 0 Å². The van der Waals surface area contributed by atoms with Crippen LogP contribution in [0.5, 0.6) is 0 Å². The predicted octanol–water partition coefficient (Wildman–Crippen LogP) is 3.93. The minimum Gasteiger partial charge on any atom is -0.329 e. The maximum atomic E-state index is 12.8. The van der Waals surface area contributed by atoms with Crippen LogP contribution in [0.4, 0.5) is 0 Å². The van der Waals surface area contributed by atoms with Crippen molar-refractivity contribution >= 4 is 21.8 Å². The fourth-order valence-corrected chi connectivity index (χ4v) is 4.91. The molecule has 0 bridgehead atoms. The van der Waals surface area contributed by atoms with Gasteiger partial charge in [-0.3, -0.25) is 0 Å². The van der Waals surface area contributed by atoms with Crippen molar-refractivity contribution in [3.63, 3.8) is 0 Å². The molecule has 0 saturated heterocycles. The third-order valence-electron chi connectivity index (χ3n) is 4.25. The van der Waals surface area contributed by atoms with Crippen molar-refractivity contribution in [3.8, 4) is 0 Å². The van der Waals surface area contributed by atoms with Crippen LogP contribution in [0.15, 0.2) is 77.0 Å². The smallest absolute Gasteiger partial charge is 0.241 e. The molecule has 0 aliphatic carbocycles. The van der Waals surface area contributed by atoms with Gasteiger partial charge in [0.2, 0.25) is 10.0 Å². The molecule has 0 radical (unpaired) electrons. The highest BCUT2D eigenvalue weighted by Gasteiger charge is 2.21. The van der Waals surface area contributed by atoms with E-state index in [1.165, 1.54) is 0 Å². The van der Waals surface area contributed by atoms with Gasteiger partial charge in [0.25, 0.3) is 0 Å². The lowest BCUT2D eigenvalue weighted by Gasteiger charge is -2.19. The zero-order chi connectivity index (χ0) is 19.3. The molecule has 1 atom stereocenters. The molecule has 7 heteroatoms. The Morgan fingerprint density at radius 2 is 1.81 bits per heavy atom. The normalized spacial score (nSPS) is 12.8. The predicted molar refractivity (Wildman–Crippen MR) is 109 cm³/mol. The fourth-order valence-electron chi connectivity index (χ4n) is 2.71. The number of nitrogens with one attached hydrogen (secondary N) is 1. The van der Waals surface area contributed by atoms with Crippen molar-refractivity contribution in [2.24, 2.45) is 7.05 Å². The Hall–Kier alpha value is -2.09. The van der Waals surface area contributed by atoms with E-state index in [4.69, 9.17) is 0 Å². The number of thioether (sulfide) groups is 1. The van der Waals surface area contributed by atoms with Crippen molar-refractivity contribution in [3.05, 3.63) is 78.1 Å². The van der Waals surface area contributed by atoms with Gasteiger partial charge in [-0.05, 0) is 31.0 Å². The highest BCUT2D eigenvalue weighted by molar-refractivity contribution is 7.99. The van der Waals surface area contributed by atoms with E-state index in [0.717, 1.165) is 22.0 Å². The van der Waals surface area contributed by atoms with Crippen molar-refractivity contribution in [1.82, 2.24) is 14.3 Å². The van der Waals surface area contributed by atoms with Gasteiger partial charge in [-0.1, -0.05) is 59.8 Å². The first-order valence-corrected chi connectivity index (χ1v) is 11.2. The quantitative estimate of drug-likeness (QED) is 0.581. The maximum absolute atomic E-state index is 12.8. The summed E-state index contributed by atoms with van der Waals surface area (Å²) >= 11 is 1.62. The molecule has 1 N–H and O–H groups in total. The van der Waals surface area contributed by atoms with Gasteiger partial charge in [0, 0.05) is 31.2 Å². The highest BCUT2D eigenvalue weighted by atomic mass is 32.2. The number of hydrogen-bond acceptors (Lipinski definition) is 4. The van der Waals surface area contributed by atoms with E-state index < -0.39 is 10.0 Å². The van der Waals surface area contributed by atoms with E-state index in [1.807, 2.05) is 67.2 Å². The van der Waals surface area contributed by atoms with Crippen molar-refractivity contribution < 1.29 is 8.42 Å². The lowest BCUT2D eigenvalue weighted by molar-refractivity contribution is 0.551. The minimum absolute atomic E-state index is 0.283. The number of hydrogen-bond donors (Lipinski definition) is 1. The molecule has 27 heavy (non-hydrogen) atoms. The number of imidazole rings is 1. The van der Waals surface area contributed by atoms with Crippen LogP contribution in [-0.2, 0) is 17.1 Å². The Labute approximate surface area is 164 Å². The second-order valence-electron chi connectivity index (χ2n) is 6.36. The molecule has 3 aromatic rings. The Bertz CT molecular complexity index is 968. The second kappa shape index (κ2) is 8.73. The fraction of sp³-hybridized carbons (Fsp3) is 0.250. The molecule has 0 aliphatic heterocycles. The number of aromatic nitrogens is 2. The number of sulfonamides is 1. The molecule has 0 fully saturated rings. The van der Waals surface area contributed by atoms with Gasteiger partial charge in [-0.15, -0.1) is 0 Å². The molecule has 0 spiro atoms. The van der Waals surface area contributed by atoms with E-state index in [9.17, 15) is 8.42 Å². The van der Waals surface area contributed by atoms with Crippen molar-refractivity contribution in [2.45, 2.75) is 29.4 Å². The van der Waals surface area contributed by atoms with Crippen LogP contribution >= 0.6 is 11.8 Å². The first-order valence-electron chi connectivity index (χ1n) is 8.70. The van der Waals surface area contributed by atoms with Crippen LogP contribution in [0.2, 0.25) is 0 Å². The summed E-state index contributed by atoms with van der Waals surface area (Å²) in [6.07, 6.45) is 4.32. The van der Waals surface area contributed by atoms with E-state index in [1.54, 1.807) is 30.1 Å². The third kappa shape index (κ3) is 5.22. The average molecular weight is 402 g/mol. The zero-order valence-electron chi connectivity index (χ0n) is 15.4. The first kappa shape index (κ1) is 19.7. The number of rotatable bonds is 8. The molecular weight excluding hydrogens is 378 g/mol. The Morgan fingerprint density at radius 1 is 1.11 bits per heavy atom. The van der Waals surface area contributed by atoms with Crippen LogP contribution in [-0.4, -0.2) is 23.7 Å². The van der Waals surface area contributed by atoms with E-state index in [2.05, 4.69) is 9.71 Å². The second-order valence-corrected chi connectivity index (χ2v) is 9.13. The molecule has 1 aromatic heterocycles. The first-order chi connectivity index (χ1) is 13.0. The molecule has 0 amide bonds. The van der Waals surface area contributed by atoms with Crippen LogP contribution in [0.1, 0.15) is 23.6 Å². The van der Waals surface area contributed by atoms with Gasteiger partial charge in [0.15, 0.2) is 5.16 Å². The minimum atomic E-state index is -3.60. The molecule has 0 aliphatic rings. The molecule has 0 unspecified atom stereocenters. The SMILES string of the molecule is Cc1ccc(S(=O)(=O)N[C@H](CCSc2nccn2C)c2ccccc2)cc1. The van der Waals surface area contributed by atoms with Crippen LogP contribution < -0.4 is 4.72 Å². The summed E-state index contributed by atoms with van der Waals surface area (Å²) in [4.78, 5) is 4.59. The number of aryl methyl sites for hydroxylation is 2. The Kier molecular flexibility index (Phi) is 6.36. The topological polar surface area (TPSA) is 64.0 Å². The van der Waals surface area contributed by atoms with Crippen molar-refractivity contribution in [2.75, 3.05) is 5.75 Å². The largest absolute Gasteiger partial charge is 0.329 e. The van der Waals surface area contributed by atoms with Crippen molar-refractivity contribution in [1.29, 1.82) is 0 Å². The van der Waals surface area contributed by atoms with E-state index in [0.29, 0.717) is 6.42 Å². The zero-order valence-corrected chi connectivity index (χ0v) is 17.0. The molecular formula is C20H23N3O2S2. The van der Waals surface area contributed by atoms with Gasteiger partial charge in [0.05, 0.1) is 4.90 Å². The Balaban J connectivity index is 1.75. The standard InChI is InChI=1S/C20H23N3O2S2/c1-16-8-10-18(11-9-16)27(24,25)22-19(17-6-4-3-5-7-17)12-15-26-20-21-13-14-23(20)2/h3-11,13-14,19,22H,12,15H2,1-2H3/t19-/m1/s1. The molecule has 142 valence electrons. The van der Waals surface area contributed by atoms with Crippen LogP contribution in [0, 0.1) is 6.92 Å². The number of nitrogens with zero attached hydrogens (tertiary/aromatic N) is 2. The van der Waals surface area contributed by atoms with Gasteiger partial charge in [0.1, 0.15) is 0 Å². The van der Waals surface area contributed by atoms with E-state index in [-0.39, 0.29) is 10.9 Å². The molecule has 2 aromatic carbocycles. The van der Waals surface area contributed by atoms with Gasteiger partial charge in [-0.25, -0.2) is 18.1 Å². The van der Waals surface area contributed by atoms with Gasteiger partial charge < -0.3 is 4.57 Å². The summed E-state index contributed by atoms with van der Waals surface area (Å²) in [6.45, 7) is 1.94. The molecule has 3 rings (SSSR count). The Morgan fingerprint density at radius 3 is 2.44 bits per heavy atom. The lowest BCUT2D eigenvalue weighted by Crippen LogP contribution is -2.29. The summed E-state index contributed by atoms with van der Waals surface area (Å²) < 4.78 is 30.5. The van der Waals surface area contributed by atoms with E-state index >= 15 is 0 Å². The summed E-state index contributed by atoms with van der Waals surface area (Å²) in [5.74, 6) is 0.751. The molecule has 0 saturated carbocycles. The summed E-state index contributed by atoms with van der Waals surface area (Å²) in [5.41, 5.74) is 1.98. The van der Waals surface area contributed by atoms with Gasteiger partial charge >= 0.3 is 0 Å². The van der Waals surface area contributed by atoms with Crippen LogP contribution in [0.3, 0.4) is 0 Å². The number of benzene rings is 2. The third-order valence-corrected chi connectivity index (χ3v) is 6.82. The molecule has 1 heterocycles. The summed E-state index contributed by atoms with van der Waals surface area (Å²) in [5, 5.41) is 0.920. The lowest BCUT2D eigenvalue weighted by atomic mass is 10.1. The maximum Gasteiger partial charge on any atom is 0.241 e. The highest BCUT2D eigenvalue weighted by Crippen LogP contribution is 2.24. The summed E-state index contributed by atoms with van der Waals surface area (Å²) in [7, 11) is -1.65. The monoisotopic (exact) mass is 401 g/mol. The molecule has 5 nitrogen and oxygen atoms in total. The van der Waals surface area contributed by atoms with Gasteiger partial charge in [-0.2, -0.15) is 0 Å². The summed E-state index contributed by atoms with van der Waals surface area (Å²) in [6, 6.07) is 16.3. The average Bonchev–Trinajstić information content (AvgIpc) is 3.07.